The Kier molecular flexibility index (Phi) is 3.84. The molecule has 0 saturated carbocycles. The van der Waals surface area contributed by atoms with Crippen LogP contribution < -0.4 is 9.47 Å². The van der Waals surface area contributed by atoms with Gasteiger partial charge in [-0.15, -0.1) is 0 Å². The SMILES string of the molecule is CC(C)=CC[C@]12OC(C)(C)C3C=C(C=C4C(=O)c5c(O)cc6c(c5O[C@@]431)C(C)(C)[C@@H](C)O6)C2=O. The smallest absolute Gasteiger partial charge is 0.200 e. The summed E-state index contributed by atoms with van der Waals surface area (Å²) in [5.41, 5.74) is -1.11. The second kappa shape index (κ2) is 6.03. The second-order valence-electron chi connectivity index (χ2n) is 11.6. The van der Waals surface area contributed by atoms with Gasteiger partial charge >= 0.3 is 0 Å². The van der Waals surface area contributed by atoms with E-state index in [1.165, 1.54) is 6.07 Å². The Morgan fingerprint density at radius 2 is 1.88 bits per heavy atom. The standard InChI is InChI=1S/C28H30O6/c1-13(2)8-9-27-24(31)15-10-16-22(30)20-17(29)12-18-21(25(4,5)14(3)32-18)23(20)33-28(16,27)19(11-15)26(6,7)34-27/h8,10-12,14,19,29H,9H2,1-7H3/t14-,19?,27-,28+/m1/s1. The van der Waals surface area contributed by atoms with Gasteiger partial charge in [-0.25, -0.2) is 0 Å². The van der Waals surface area contributed by atoms with Crippen LogP contribution in [0.25, 0.3) is 0 Å². The van der Waals surface area contributed by atoms with Crippen molar-refractivity contribution in [3.8, 4) is 17.2 Å². The van der Waals surface area contributed by atoms with E-state index in [9.17, 15) is 14.7 Å². The number of carbonyl (C=O) groups excluding carboxylic acids is 2. The summed E-state index contributed by atoms with van der Waals surface area (Å²) in [4.78, 5) is 28.0. The highest BCUT2D eigenvalue weighted by Crippen LogP contribution is 2.67. The monoisotopic (exact) mass is 462 g/mol. The maximum absolute atomic E-state index is 14.1. The van der Waals surface area contributed by atoms with E-state index in [4.69, 9.17) is 14.2 Å². The van der Waals surface area contributed by atoms with Crippen molar-refractivity contribution in [1.29, 1.82) is 0 Å². The van der Waals surface area contributed by atoms with Crippen LogP contribution in [0.5, 0.6) is 17.2 Å². The predicted molar refractivity (Wildman–Crippen MR) is 126 cm³/mol. The van der Waals surface area contributed by atoms with Crippen molar-refractivity contribution in [1.82, 2.24) is 0 Å². The first-order chi connectivity index (χ1) is 15.8. The number of hydrogen-bond acceptors (Lipinski definition) is 6. The number of fused-ring (bicyclic) bond motifs is 3. The zero-order valence-electron chi connectivity index (χ0n) is 20.7. The fourth-order valence-electron chi connectivity index (χ4n) is 6.66. The van der Waals surface area contributed by atoms with Crippen molar-refractivity contribution >= 4 is 11.6 Å². The van der Waals surface area contributed by atoms with Gasteiger partial charge in [-0.1, -0.05) is 31.6 Å². The van der Waals surface area contributed by atoms with Crippen LogP contribution in [-0.4, -0.2) is 39.6 Å². The van der Waals surface area contributed by atoms with E-state index < -0.39 is 22.2 Å². The minimum absolute atomic E-state index is 0.136. The first-order valence-electron chi connectivity index (χ1n) is 11.9. The van der Waals surface area contributed by atoms with Crippen LogP contribution in [0.15, 0.2) is 41.0 Å². The molecular weight excluding hydrogens is 432 g/mol. The zero-order valence-corrected chi connectivity index (χ0v) is 20.7. The van der Waals surface area contributed by atoms with Crippen LogP contribution in [-0.2, 0) is 14.9 Å². The normalized spacial score (nSPS) is 34.9. The van der Waals surface area contributed by atoms with Crippen molar-refractivity contribution < 1.29 is 28.9 Å². The molecule has 1 N–H and O–H groups in total. The molecule has 1 aromatic rings. The first-order valence-corrected chi connectivity index (χ1v) is 11.9. The molecule has 0 radical (unpaired) electrons. The van der Waals surface area contributed by atoms with Crippen LogP contribution in [0, 0.1) is 5.92 Å². The fraction of sp³-hybridized carbons (Fsp3) is 0.500. The molecule has 6 heteroatoms. The number of carbonyl (C=O) groups is 2. The number of ketones is 2. The molecule has 34 heavy (non-hydrogen) atoms. The van der Waals surface area contributed by atoms with Gasteiger partial charge < -0.3 is 19.3 Å². The molecule has 3 heterocycles. The summed E-state index contributed by atoms with van der Waals surface area (Å²) < 4.78 is 19.7. The number of benzene rings is 1. The molecule has 178 valence electrons. The summed E-state index contributed by atoms with van der Waals surface area (Å²) in [5, 5.41) is 10.9. The quantitative estimate of drug-likeness (QED) is 0.640. The summed E-state index contributed by atoms with van der Waals surface area (Å²) >= 11 is 0. The summed E-state index contributed by atoms with van der Waals surface area (Å²) in [6.45, 7) is 13.9. The lowest BCUT2D eigenvalue weighted by molar-refractivity contribution is -0.162. The van der Waals surface area contributed by atoms with Gasteiger partial charge in [0.1, 0.15) is 28.9 Å². The zero-order chi connectivity index (χ0) is 24.6. The fourth-order valence-corrected chi connectivity index (χ4v) is 6.66. The summed E-state index contributed by atoms with van der Waals surface area (Å²) in [6.07, 6.45) is 5.65. The van der Waals surface area contributed by atoms with Crippen molar-refractivity contribution in [2.75, 3.05) is 0 Å². The molecule has 1 saturated heterocycles. The number of rotatable bonds is 2. The summed E-state index contributed by atoms with van der Waals surface area (Å²) in [6, 6.07) is 1.51. The first kappa shape index (κ1) is 21.7. The molecule has 6 aliphatic rings. The van der Waals surface area contributed by atoms with E-state index >= 15 is 0 Å². The van der Waals surface area contributed by atoms with Gasteiger partial charge in [0.2, 0.25) is 5.78 Å². The van der Waals surface area contributed by atoms with Crippen molar-refractivity contribution in [2.45, 2.75) is 83.2 Å². The molecule has 3 aliphatic heterocycles. The number of phenolic OH excluding ortho intramolecular Hbond substituents is 1. The van der Waals surface area contributed by atoms with Gasteiger partial charge in [0, 0.05) is 34.6 Å². The Labute approximate surface area is 199 Å². The van der Waals surface area contributed by atoms with Crippen LogP contribution in [0.4, 0.5) is 0 Å². The molecule has 3 aliphatic carbocycles. The Bertz CT molecular complexity index is 1300. The topological polar surface area (TPSA) is 82.1 Å². The van der Waals surface area contributed by atoms with Gasteiger partial charge in [-0.05, 0) is 40.7 Å². The van der Waals surface area contributed by atoms with Crippen molar-refractivity contribution in [3.63, 3.8) is 0 Å². The third-order valence-electron chi connectivity index (χ3n) is 8.62. The van der Waals surface area contributed by atoms with Crippen LogP contribution in [0.1, 0.15) is 70.8 Å². The highest BCUT2D eigenvalue weighted by molar-refractivity contribution is 6.21. The Morgan fingerprint density at radius 3 is 2.56 bits per heavy atom. The maximum atomic E-state index is 14.1. The minimum Gasteiger partial charge on any atom is -0.507 e. The molecule has 1 spiro atoms. The molecular formula is C28H30O6. The molecule has 0 aromatic heterocycles. The van der Waals surface area contributed by atoms with Gasteiger partial charge in [-0.2, -0.15) is 0 Å². The Balaban J connectivity index is 1.69. The second-order valence-corrected chi connectivity index (χ2v) is 11.6. The number of aromatic hydroxyl groups is 1. The largest absolute Gasteiger partial charge is 0.507 e. The van der Waals surface area contributed by atoms with E-state index in [2.05, 4.69) is 0 Å². The molecule has 4 bridgehead atoms. The minimum atomic E-state index is -1.37. The lowest BCUT2D eigenvalue weighted by Crippen LogP contribution is -2.69. The number of phenols is 1. The van der Waals surface area contributed by atoms with E-state index in [0.717, 1.165) is 11.1 Å². The molecule has 1 aromatic carbocycles. The molecule has 7 rings (SSSR count). The average Bonchev–Trinajstić information content (AvgIpc) is 3.05. The maximum Gasteiger partial charge on any atom is 0.200 e. The number of hydrogen-bond donors (Lipinski definition) is 1. The van der Waals surface area contributed by atoms with E-state index in [-0.39, 0.29) is 34.9 Å². The third-order valence-corrected chi connectivity index (χ3v) is 8.62. The Hall–Kier alpha value is -2.86. The third kappa shape index (κ3) is 2.17. The number of ether oxygens (including phenoxy) is 3. The van der Waals surface area contributed by atoms with Crippen LogP contribution in [0.3, 0.4) is 0 Å². The Morgan fingerprint density at radius 1 is 1.18 bits per heavy atom. The summed E-state index contributed by atoms with van der Waals surface area (Å²) in [7, 11) is 0. The highest BCUT2D eigenvalue weighted by Gasteiger charge is 2.79. The van der Waals surface area contributed by atoms with E-state index in [0.29, 0.717) is 29.1 Å². The average molecular weight is 463 g/mol. The van der Waals surface area contributed by atoms with Gasteiger partial charge in [0.05, 0.1) is 11.5 Å². The van der Waals surface area contributed by atoms with Crippen molar-refractivity contribution in [3.05, 3.63) is 52.1 Å². The highest BCUT2D eigenvalue weighted by atomic mass is 16.6. The van der Waals surface area contributed by atoms with Crippen LogP contribution in [0.2, 0.25) is 0 Å². The molecule has 4 atom stereocenters. The predicted octanol–water partition coefficient (Wildman–Crippen LogP) is 4.73. The van der Waals surface area contributed by atoms with Gasteiger partial charge in [0.25, 0.3) is 0 Å². The van der Waals surface area contributed by atoms with E-state index in [1.807, 2.05) is 60.6 Å². The van der Waals surface area contributed by atoms with Crippen LogP contribution >= 0.6 is 0 Å². The van der Waals surface area contributed by atoms with Gasteiger partial charge in [-0.3, -0.25) is 9.59 Å². The molecule has 6 nitrogen and oxygen atoms in total. The lowest BCUT2D eigenvalue weighted by Gasteiger charge is -2.53. The van der Waals surface area contributed by atoms with E-state index in [1.54, 1.807) is 6.08 Å². The van der Waals surface area contributed by atoms with Gasteiger partial charge in [0.15, 0.2) is 17.0 Å². The molecule has 0 amide bonds. The molecule has 1 fully saturated rings. The number of Topliss-reactive ketones (excluding diaryl/α,β-unsaturated/α-hetero) is 2. The molecule has 1 unspecified atom stereocenters. The number of allylic oxidation sites excluding steroid dienone is 2. The van der Waals surface area contributed by atoms with Crippen molar-refractivity contribution in [2.24, 2.45) is 5.92 Å². The summed E-state index contributed by atoms with van der Waals surface area (Å²) in [5.74, 6) is -0.185. The lowest BCUT2D eigenvalue weighted by atomic mass is 9.55.